The third-order valence-electron chi connectivity index (χ3n) is 4.30. The van der Waals surface area contributed by atoms with Gasteiger partial charge in [-0.25, -0.2) is 17.9 Å². The Morgan fingerprint density at radius 3 is 2.59 bits per heavy atom. The van der Waals surface area contributed by atoms with Gasteiger partial charge in [-0.15, -0.1) is 11.3 Å². The van der Waals surface area contributed by atoms with Gasteiger partial charge in [0.1, 0.15) is 10.6 Å². The Labute approximate surface area is 194 Å². The lowest BCUT2D eigenvalue weighted by molar-refractivity contribution is -0.118. The zero-order valence-corrected chi connectivity index (χ0v) is 19.7. The van der Waals surface area contributed by atoms with E-state index >= 15 is 0 Å². The molecule has 0 radical (unpaired) electrons. The fourth-order valence-electron chi connectivity index (χ4n) is 2.75. The summed E-state index contributed by atoms with van der Waals surface area (Å²) >= 11 is 7.43. The normalized spacial score (nSPS) is 11.3. The molecular formula is C21H21ClN2O6S2. The van der Waals surface area contributed by atoms with Gasteiger partial charge in [0.2, 0.25) is 10.0 Å². The second-order valence-electron chi connectivity index (χ2n) is 6.68. The maximum absolute atomic E-state index is 12.3. The molecule has 0 atom stereocenters. The lowest BCUT2D eigenvalue weighted by Gasteiger charge is -2.11. The van der Waals surface area contributed by atoms with Crippen LogP contribution in [0.5, 0.6) is 5.75 Å². The van der Waals surface area contributed by atoms with Crippen LogP contribution in [0.2, 0.25) is 5.02 Å². The van der Waals surface area contributed by atoms with Crippen LogP contribution in [0.15, 0.2) is 47.4 Å². The van der Waals surface area contributed by atoms with Crippen molar-refractivity contribution in [2.24, 2.45) is 0 Å². The van der Waals surface area contributed by atoms with Crippen molar-refractivity contribution in [3.8, 4) is 5.75 Å². The van der Waals surface area contributed by atoms with Crippen LogP contribution in [-0.2, 0) is 19.6 Å². The summed E-state index contributed by atoms with van der Waals surface area (Å²) in [7, 11) is -2.33. The van der Waals surface area contributed by atoms with E-state index in [2.05, 4.69) is 10.0 Å². The monoisotopic (exact) mass is 496 g/mol. The highest BCUT2D eigenvalue weighted by Crippen LogP contribution is 2.29. The molecule has 0 aliphatic carbocycles. The van der Waals surface area contributed by atoms with Crippen LogP contribution in [0.4, 0.5) is 5.69 Å². The molecule has 2 aromatic carbocycles. The molecule has 2 N–H and O–H groups in total. The molecule has 0 fully saturated rings. The summed E-state index contributed by atoms with van der Waals surface area (Å²) in [6.07, 6.45) is 0.662. The van der Waals surface area contributed by atoms with Crippen molar-refractivity contribution in [1.82, 2.24) is 4.72 Å². The molecule has 1 aromatic heterocycles. The number of ether oxygens (including phenoxy) is 2. The number of nitrogens with one attached hydrogen (secondary N) is 2. The smallest absolute Gasteiger partial charge is 0.348 e. The van der Waals surface area contributed by atoms with Crippen molar-refractivity contribution in [3.05, 3.63) is 52.4 Å². The third-order valence-corrected chi connectivity index (χ3v) is 7.15. The van der Waals surface area contributed by atoms with Crippen molar-refractivity contribution in [3.63, 3.8) is 0 Å². The van der Waals surface area contributed by atoms with Gasteiger partial charge in [0.25, 0.3) is 5.91 Å². The second kappa shape index (κ2) is 10.3. The van der Waals surface area contributed by atoms with Crippen molar-refractivity contribution in [2.45, 2.75) is 18.2 Å². The molecule has 0 unspecified atom stereocenters. The zero-order chi connectivity index (χ0) is 23.3. The van der Waals surface area contributed by atoms with Gasteiger partial charge in [-0.1, -0.05) is 18.5 Å². The average molecular weight is 497 g/mol. The van der Waals surface area contributed by atoms with Crippen LogP contribution in [0, 0.1) is 0 Å². The Hall–Kier alpha value is -2.66. The number of carbonyl (C=O) groups is 2. The number of carbonyl (C=O) groups excluding carboxylic acids is 2. The van der Waals surface area contributed by atoms with E-state index < -0.39 is 21.9 Å². The molecule has 0 spiro atoms. The Balaban J connectivity index is 1.62. The van der Waals surface area contributed by atoms with Gasteiger partial charge in [0.15, 0.2) is 6.61 Å². The summed E-state index contributed by atoms with van der Waals surface area (Å²) in [6, 6.07) is 11.0. The first kappa shape index (κ1) is 24.0. The minimum absolute atomic E-state index is 0.0168. The van der Waals surface area contributed by atoms with Crippen LogP contribution in [0.1, 0.15) is 23.0 Å². The number of rotatable bonds is 9. The number of amides is 1. The van der Waals surface area contributed by atoms with Crippen molar-refractivity contribution in [1.29, 1.82) is 0 Å². The topological polar surface area (TPSA) is 111 Å². The van der Waals surface area contributed by atoms with Crippen molar-refractivity contribution in [2.75, 3.05) is 25.6 Å². The maximum atomic E-state index is 12.3. The average Bonchev–Trinajstić information content (AvgIpc) is 3.19. The van der Waals surface area contributed by atoms with Crippen molar-refractivity contribution >= 4 is 60.6 Å². The van der Waals surface area contributed by atoms with Gasteiger partial charge in [-0.3, -0.25) is 4.79 Å². The highest BCUT2D eigenvalue weighted by atomic mass is 35.5. The van der Waals surface area contributed by atoms with E-state index in [-0.39, 0.29) is 22.3 Å². The minimum atomic E-state index is -3.65. The van der Waals surface area contributed by atoms with E-state index in [0.29, 0.717) is 23.5 Å². The SMILES string of the molecule is CCCNS(=O)(=O)c1ccc(OCC(=O)Nc2ccc3sc(C(=O)OC)cc3c2)c(Cl)c1. The van der Waals surface area contributed by atoms with E-state index in [1.165, 1.54) is 36.6 Å². The number of esters is 1. The number of halogens is 1. The Bertz CT molecular complexity index is 1260. The molecule has 11 heteroatoms. The Morgan fingerprint density at radius 1 is 1.12 bits per heavy atom. The lowest BCUT2D eigenvalue weighted by atomic mass is 10.2. The summed E-state index contributed by atoms with van der Waals surface area (Å²) in [5, 5.41) is 3.58. The maximum Gasteiger partial charge on any atom is 0.348 e. The van der Waals surface area contributed by atoms with E-state index in [0.717, 1.165) is 10.1 Å². The van der Waals surface area contributed by atoms with Gasteiger partial charge >= 0.3 is 5.97 Å². The number of hydrogen-bond donors (Lipinski definition) is 2. The summed E-state index contributed by atoms with van der Waals surface area (Å²) < 4.78 is 37.9. The molecule has 0 saturated heterocycles. The van der Waals surface area contributed by atoms with E-state index in [9.17, 15) is 18.0 Å². The second-order valence-corrected chi connectivity index (χ2v) is 9.94. The quantitative estimate of drug-likeness (QED) is 0.432. The highest BCUT2D eigenvalue weighted by Gasteiger charge is 2.16. The summed E-state index contributed by atoms with van der Waals surface area (Å²) in [5.41, 5.74) is 0.537. The first-order chi connectivity index (χ1) is 15.2. The Kier molecular flexibility index (Phi) is 7.73. The van der Waals surface area contributed by atoms with Crippen LogP contribution in [0.25, 0.3) is 10.1 Å². The number of hydrogen-bond acceptors (Lipinski definition) is 7. The molecule has 0 bridgehead atoms. The molecular weight excluding hydrogens is 476 g/mol. The van der Waals surface area contributed by atoms with Crippen LogP contribution in [0.3, 0.4) is 0 Å². The summed E-state index contributed by atoms with van der Waals surface area (Å²) in [4.78, 5) is 24.4. The third kappa shape index (κ3) is 5.77. The van der Waals surface area contributed by atoms with E-state index in [4.69, 9.17) is 21.1 Å². The minimum Gasteiger partial charge on any atom is -0.482 e. The van der Waals surface area contributed by atoms with Crippen LogP contribution in [-0.4, -0.2) is 40.6 Å². The van der Waals surface area contributed by atoms with Gasteiger partial charge in [0, 0.05) is 16.9 Å². The Morgan fingerprint density at radius 2 is 1.91 bits per heavy atom. The number of fused-ring (bicyclic) bond motifs is 1. The zero-order valence-electron chi connectivity index (χ0n) is 17.3. The standard InChI is InChI=1S/C21H21ClN2O6S2/c1-3-8-23-32(27,28)15-5-6-17(16(22)11-15)30-12-20(25)24-14-4-7-18-13(9-14)10-19(31-18)21(26)29-2/h4-7,9-11,23H,3,8,12H2,1-2H3,(H,24,25). The van der Waals surface area contributed by atoms with Gasteiger partial charge in [0.05, 0.1) is 17.0 Å². The number of methoxy groups -OCH3 is 1. The number of sulfonamides is 1. The number of benzene rings is 2. The van der Waals surface area contributed by atoms with Gasteiger partial charge in [-0.05, 0) is 54.3 Å². The molecule has 8 nitrogen and oxygen atoms in total. The molecule has 0 aliphatic rings. The molecule has 170 valence electrons. The molecule has 1 amide bonds. The predicted molar refractivity (Wildman–Crippen MR) is 124 cm³/mol. The first-order valence-electron chi connectivity index (χ1n) is 9.57. The molecule has 0 saturated carbocycles. The predicted octanol–water partition coefficient (Wildman–Crippen LogP) is 4.05. The number of anilines is 1. The van der Waals surface area contributed by atoms with Gasteiger partial charge in [-0.2, -0.15) is 0 Å². The summed E-state index contributed by atoms with van der Waals surface area (Å²) in [6.45, 7) is 1.85. The van der Waals surface area contributed by atoms with E-state index in [1.54, 1.807) is 24.3 Å². The fraction of sp³-hybridized carbons (Fsp3) is 0.238. The number of thiophene rings is 1. The summed E-state index contributed by atoms with van der Waals surface area (Å²) in [5.74, 6) is -0.653. The van der Waals surface area contributed by atoms with Crippen LogP contribution < -0.4 is 14.8 Å². The highest BCUT2D eigenvalue weighted by molar-refractivity contribution is 7.89. The lowest BCUT2D eigenvalue weighted by Crippen LogP contribution is -2.24. The van der Waals surface area contributed by atoms with Gasteiger partial charge < -0.3 is 14.8 Å². The van der Waals surface area contributed by atoms with Crippen LogP contribution >= 0.6 is 22.9 Å². The molecule has 32 heavy (non-hydrogen) atoms. The molecule has 0 aliphatic heterocycles. The van der Waals surface area contributed by atoms with E-state index in [1.807, 2.05) is 6.92 Å². The largest absolute Gasteiger partial charge is 0.482 e. The molecule has 3 rings (SSSR count). The fourth-order valence-corrected chi connectivity index (χ4v) is 5.17. The van der Waals surface area contributed by atoms with Crippen molar-refractivity contribution < 1.29 is 27.5 Å². The first-order valence-corrected chi connectivity index (χ1v) is 12.2. The molecule has 1 heterocycles. The molecule has 3 aromatic rings.